The number of hydrogen-bond donors (Lipinski definition) is 5. The van der Waals surface area contributed by atoms with E-state index in [1.807, 2.05) is 0 Å². The van der Waals surface area contributed by atoms with Crippen molar-refractivity contribution in [3.05, 3.63) is 94.7 Å². The molecule has 0 spiro atoms. The first-order valence-electron chi connectivity index (χ1n) is 34.9. The Hall–Kier alpha value is -5.85. The minimum Gasteiger partial charge on any atom is -0.505 e. The molecule has 2 aliphatic rings. The molecule has 518 valence electrons. The first-order valence-corrected chi connectivity index (χ1v) is 36.8. The number of halogens is 2. The van der Waals surface area contributed by atoms with Crippen molar-refractivity contribution in [3.63, 3.8) is 0 Å². The third-order valence-corrected chi connectivity index (χ3v) is 17.4. The molecule has 2 aromatic carbocycles. The van der Waals surface area contributed by atoms with Gasteiger partial charge in [-0.3, -0.25) is 33.0 Å². The number of esters is 2. The molecule has 93 heavy (non-hydrogen) atoms. The maximum absolute atomic E-state index is 14.5. The van der Waals surface area contributed by atoms with E-state index < -0.39 is 55.3 Å². The molecule has 0 saturated carbocycles. The number of thiocarbonyl (C=S) groups is 1. The molecule has 1 heterocycles. The summed E-state index contributed by atoms with van der Waals surface area (Å²) in [5, 5.41) is 19.8. The molecule has 0 fully saturated rings. The van der Waals surface area contributed by atoms with Crippen LogP contribution in [0.5, 0.6) is 5.75 Å². The zero-order chi connectivity index (χ0) is 67.2. The van der Waals surface area contributed by atoms with Crippen molar-refractivity contribution in [1.29, 1.82) is 0 Å². The van der Waals surface area contributed by atoms with Crippen LogP contribution in [-0.4, -0.2) is 77.8 Å². The van der Waals surface area contributed by atoms with Crippen molar-refractivity contribution < 1.29 is 65.5 Å². The Labute approximate surface area is 557 Å². The topological polar surface area (TPSA) is 229 Å². The van der Waals surface area contributed by atoms with Gasteiger partial charge in [0.25, 0.3) is 0 Å². The number of amides is 1. The highest BCUT2D eigenvalue weighted by Gasteiger charge is 2.27. The Morgan fingerprint density at radius 3 is 1.71 bits per heavy atom. The van der Waals surface area contributed by atoms with Gasteiger partial charge in [-0.2, -0.15) is 0 Å². The summed E-state index contributed by atoms with van der Waals surface area (Å²) in [6.07, 6.45) is 42.0. The summed E-state index contributed by atoms with van der Waals surface area (Å²) >= 11 is 5.48. The molecule has 4 rings (SSSR count). The van der Waals surface area contributed by atoms with Gasteiger partial charge in [0, 0.05) is 79.5 Å². The Bertz CT molecular complexity index is 2940. The molecule has 1 amide bonds. The van der Waals surface area contributed by atoms with Gasteiger partial charge < -0.3 is 39.8 Å². The third-order valence-electron chi connectivity index (χ3n) is 16.1. The predicted octanol–water partition coefficient (Wildman–Crippen LogP) is 18.7. The van der Waals surface area contributed by atoms with Crippen LogP contribution in [0.15, 0.2) is 82.0 Å². The number of unbranched alkanes of at least 4 members (excludes halogenated alkanes) is 25. The molecular weight excluding hydrogens is 1230 g/mol. The van der Waals surface area contributed by atoms with Gasteiger partial charge >= 0.3 is 19.8 Å². The van der Waals surface area contributed by atoms with Crippen LogP contribution < -0.4 is 21.4 Å². The van der Waals surface area contributed by atoms with Gasteiger partial charge in [0.15, 0.2) is 28.6 Å². The van der Waals surface area contributed by atoms with Crippen LogP contribution in [0.25, 0.3) is 33.4 Å². The number of benzene rings is 3. The smallest absolute Gasteiger partial charge is 0.472 e. The molecule has 2 unspecified atom stereocenters. The minimum atomic E-state index is -4.63. The lowest BCUT2D eigenvalue weighted by atomic mass is 9.93. The highest BCUT2D eigenvalue weighted by Crippen LogP contribution is 2.44. The lowest BCUT2D eigenvalue weighted by Crippen LogP contribution is -2.29. The summed E-state index contributed by atoms with van der Waals surface area (Å²) in [4.78, 5) is 73.3. The van der Waals surface area contributed by atoms with Crippen LogP contribution >= 0.6 is 20.0 Å². The summed E-state index contributed by atoms with van der Waals surface area (Å²) in [5.41, 5.74) is 1.17. The number of phosphoric ester groups is 1. The number of ether oxygens (including phenoxy) is 2. The SMILES string of the molecule is CCCCCCCC/C=C\CCCCCCCC(=O)OCC(COP(=O)(O)OCCCC(=O)CCCCC(=O)NCCCCCNC(=S)Nc1ccc(-c2c3cc(F)c(=O)cc-3oc3cc(O)c(F)cc23)cc1)OC(=O)CCCCCCC/C=C\CCCCCCCC. The fourth-order valence-electron chi connectivity index (χ4n) is 10.7. The number of phenolic OH excluding ortho intramolecular Hbond substituents is 1. The second-order valence-electron chi connectivity index (χ2n) is 24.3. The summed E-state index contributed by atoms with van der Waals surface area (Å²) in [6.45, 7) is 4.46. The number of ketones is 1. The van der Waals surface area contributed by atoms with Gasteiger partial charge in [0.05, 0.1) is 13.2 Å². The molecular formula is C73H108F2N3O13PS. The quantitative estimate of drug-likeness (QED) is 0.00691. The molecule has 1 aliphatic heterocycles. The van der Waals surface area contributed by atoms with Gasteiger partial charge in [0.2, 0.25) is 11.3 Å². The molecule has 0 aromatic heterocycles. The largest absolute Gasteiger partial charge is 0.505 e. The van der Waals surface area contributed by atoms with Crippen molar-refractivity contribution in [2.45, 2.75) is 258 Å². The monoisotopic (exact) mass is 1340 g/mol. The number of Topliss-reactive ketones (excluding diaryl/α,β-unsaturated/α-hetero) is 1. The van der Waals surface area contributed by atoms with E-state index in [0.717, 1.165) is 121 Å². The number of aromatic hydroxyl groups is 1. The van der Waals surface area contributed by atoms with Crippen molar-refractivity contribution >= 4 is 65.4 Å². The maximum Gasteiger partial charge on any atom is 0.472 e. The zero-order valence-corrected chi connectivity index (χ0v) is 57.4. The molecule has 0 saturated heterocycles. The Morgan fingerprint density at radius 1 is 0.591 bits per heavy atom. The fourth-order valence-corrected chi connectivity index (χ4v) is 11.8. The van der Waals surface area contributed by atoms with E-state index in [0.29, 0.717) is 60.7 Å². The molecule has 0 bridgehead atoms. The van der Waals surface area contributed by atoms with Crippen molar-refractivity contribution in [1.82, 2.24) is 10.6 Å². The van der Waals surface area contributed by atoms with Crippen LogP contribution in [0.1, 0.15) is 251 Å². The number of carbonyl (C=O) groups excluding carboxylic acids is 4. The summed E-state index contributed by atoms with van der Waals surface area (Å²) in [6, 6.07) is 11.3. The number of allylic oxidation sites excluding steroid dienone is 4. The predicted molar refractivity (Wildman–Crippen MR) is 371 cm³/mol. The van der Waals surface area contributed by atoms with Gasteiger partial charge in [-0.1, -0.05) is 153 Å². The van der Waals surface area contributed by atoms with E-state index in [1.54, 1.807) is 24.3 Å². The Balaban J connectivity index is 1.05. The average Bonchev–Trinajstić information content (AvgIpc) is 0.763. The Kier molecular flexibility index (Phi) is 41.8. The fraction of sp³-hybridized carbons (Fsp3) is 0.616. The number of anilines is 1. The van der Waals surface area contributed by atoms with Crippen LogP contribution in [0.2, 0.25) is 0 Å². The van der Waals surface area contributed by atoms with Gasteiger partial charge in [-0.25, -0.2) is 13.3 Å². The van der Waals surface area contributed by atoms with Crippen LogP contribution in [0.3, 0.4) is 0 Å². The maximum atomic E-state index is 14.5. The number of hydrogen-bond acceptors (Lipinski definition) is 13. The first kappa shape index (κ1) is 79.6. The van der Waals surface area contributed by atoms with Gasteiger partial charge in [0.1, 0.15) is 23.7 Å². The molecule has 16 nitrogen and oxygen atoms in total. The van der Waals surface area contributed by atoms with Crippen LogP contribution in [-0.2, 0) is 42.3 Å². The number of nitrogens with one attached hydrogen (secondary N) is 3. The van der Waals surface area contributed by atoms with Crippen LogP contribution in [0, 0.1) is 11.6 Å². The molecule has 0 radical (unpaired) electrons. The standard InChI is InChI=1S/C73H108F2N3O13PS/c1-3-5-7-9-11-13-15-17-19-21-23-25-27-29-32-42-70(83)87-55-60(90-71(84)43-33-30-28-26-24-22-20-18-16-14-12-10-8-6-4-2)56-89-92(85,86)88-50-38-40-59(79)39-34-35-41-69(82)76-48-36-31-37-49-77-73(93)78-58-46-44-57(45-47-58)72-61-51-63(74)65(80)53-67(61)91-68-54-66(81)64(75)52-62(68)72/h17-20,44-47,51-54,60,80H,3-16,21-43,48-50,55-56H2,1-2H3,(H,76,82)(H,85,86)(H2,77,78,93)/b19-17-,20-18-. The summed E-state index contributed by atoms with van der Waals surface area (Å²) < 4.78 is 69.1. The van der Waals surface area contributed by atoms with Crippen molar-refractivity contribution in [3.8, 4) is 28.2 Å². The molecule has 2 aromatic rings. The average molecular weight is 1340 g/mol. The lowest BCUT2D eigenvalue weighted by molar-refractivity contribution is -0.161. The first-order chi connectivity index (χ1) is 45.1. The number of fused-ring (bicyclic) bond motifs is 2. The second-order valence-corrected chi connectivity index (χ2v) is 26.2. The number of phosphoric acid groups is 1. The number of rotatable bonds is 54. The van der Waals surface area contributed by atoms with E-state index in [9.17, 15) is 47.3 Å². The normalized spacial score (nSPS) is 12.6. The molecule has 20 heteroatoms. The van der Waals surface area contributed by atoms with E-state index in [1.165, 1.54) is 77.0 Å². The molecule has 1 aliphatic carbocycles. The van der Waals surface area contributed by atoms with Crippen molar-refractivity contribution in [2.24, 2.45) is 0 Å². The Morgan fingerprint density at radius 2 is 1.11 bits per heavy atom. The van der Waals surface area contributed by atoms with Crippen molar-refractivity contribution in [2.75, 3.05) is 38.2 Å². The van der Waals surface area contributed by atoms with E-state index in [-0.39, 0.29) is 85.7 Å². The zero-order valence-electron chi connectivity index (χ0n) is 55.7. The third kappa shape index (κ3) is 36.0. The van der Waals surface area contributed by atoms with Crippen LogP contribution in [0.4, 0.5) is 14.5 Å². The number of carbonyl (C=O) groups is 4. The van der Waals surface area contributed by atoms with Gasteiger partial charge in [-0.05, 0) is 145 Å². The van der Waals surface area contributed by atoms with E-state index >= 15 is 0 Å². The van der Waals surface area contributed by atoms with E-state index in [2.05, 4.69) is 54.1 Å². The lowest BCUT2D eigenvalue weighted by Gasteiger charge is -2.20. The van der Waals surface area contributed by atoms with E-state index in [4.69, 9.17) is 35.2 Å². The second kappa shape index (κ2) is 48.8. The highest BCUT2D eigenvalue weighted by atomic mass is 32.1. The summed E-state index contributed by atoms with van der Waals surface area (Å²) in [5.74, 6) is -3.54. The van der Waals surface area contributed by atoms with Gasteiger partial charge in [-0.15, -0.1) is 0 Å². The highest BCUT2D eigenvalue weighted by molar-refractivity contribution is 7.80. The molecule has 2 atom stereocenters. The summed E-state index contributed by atoms with van der Waals surface area (Å²) in [7, 11) is -4.63. The number of phenols is 1. The molecule has 5 N–H and O–H groups in total. The minimum absolute atomic E-state index is 0.0690.